The van der Waals surface area contributed by atoms with Gasteiger partial charge in [-0.25, -0.2) is 0 Å². The van der Waals surface area contributed by atoms with Crippen LogP contribution in [-0.2, 0) is 16.0 Å². The number of fused-ring (bicyclic) bond motifs is 1. The van der Waals surface area contributed by atoms with Crippen molar-refractivity contribution >= 4 is 40.9 Å². The molecule has 30 heavy (non-hydrogen) atoms. The quantitative estimate of drug-likeness (QED) is 0.555. The minimum Gasteiger partial charge on any atom is -0.349 e. The molecule has 4 nitrogen and oxygen atoms in total. The van der Waals surface area contributed by atoms with Crippen molar-refractivity contribution in [2.45, 2.75) is 29.0 Å². The molecular weight excluding hydrogens is 416 g/mol. The van der Waals surface area contributed by atoms with Gasteiger partial charge in [-0.2, -0.15) is 0 Å². The smallest absolute Gasteiger partial charge is 0.238 e. The maximum atomic E-state index is 12.9. The van der Waals surface area contributed by atoms with Crippen LogP contribution < -0.4 is 10.6 Å². The molecule has 0 saturated heterocycles. The summed E-state index contributed by atoms with van der Waals surface area (Å²) in [7, 11) is 0. The average Bonchev–Trinajstić information content (AvgIpc) is 2.75. The zero-order chi connectivity index (χ0) is 20.9. The summed E-state index contributed by atoms with van der Waals surface area (Å²) < 4.78 is 0. The number of hydrogen-bond donors (Lipinski definition) is 2. The van der Waals surface area contributed by atoms with Gasteiger partial charge in [0.25, 0.3) is 0 Å². The molecule has 0 bridgehead atoms. The molecule has 6 heteroatoms. The summed E-state index contributed by atoms with van der Waals surface area (Å²) >= 11 is 7.40. The van der Waals surface area contributed by atoms with E-state index in [1.807, 2.05) is 54.6 Å². The van der Waals surface area contributed by atoms with Crippen LogP contribution in [0, 0.1) is 0 Å². The van der Waals surface area contributed by atoms with E-state index in [-0.39, 0.29) is 24.3 Å². The van der Waals surface area contributed by atoms with E-state index in [1.165, 1.54) is 11.8 Å². The second-order valence-electron chi connectivity index (χ2n) is 7.16. The van der Waals surface area contributed by atoms with Crippen molar-refractivity contribution in [1.82, 2.24) is 5.32 Å². The Labute approximate surface area is 185 Å². The summed E-state index contributed by atoms with van der Waals surface area (Å²) in [6.45, 7) is 0. The van der Waals surface area contributed by atoms with Gasteiger partial charge in [-0.05, 0) is 35.7 Å². The number of anilines is 1. The molecule has 1 aliphatic rings. The lowest BCUT2D eigenvalue weighted by Crippen LogP contribution is -2.36. The van der Waals surface area contributed by atoms with Crippen LogP contribution in [0.2, 0.25) is 5.02 Å². The molecule has 0 fully saturated rings. The lowest BCUT2D eigenvalue weighted by molar-refractivity contribution is -0.124. The van der Waals surface area contributed by atoms with E-state index in [4.69, 9.17) is 11.6 Å². The van der Waals surface area contributed by atoms with Crippen LogP contribution in [-0.4, -0.2) is 17.1 Å². The van der Waals surface area contributed by atoms with Crippen LogP contribution in [0.3, 0.4) is 0 Å². The number of benzene rings is 3. The molecule has 1 heterocycles. The molecule has 2 N–H and O–H groups in total. The van der Waals surface area contributed by atoms with Gasteiger partial charge < -0.3 is 10.6 Å². The predicted octanol–water partition coefficient (Wildman–Crippen LogP) is 5.24. The Balaban J connectivity index is 1.46. The van der Waals surface area contributed by atoms with Gasteiger partial charge in [-0.3, -0.25) is 9.59 Å². The monoisotopic (exact) mass is 436 g/mol. The third-order valence-corrected chi connectivity index (χ3v) is 6.46. The highest BCUT2D eigenvalue weighted by Crippen LogP contribution is 2.38. The molecule has 0 radical (unpaired) electrons. The van der Waals surface area contributed by atoms with E-state index in [0.717, 1.165) is 16.0 Å². The predicted molar refractivity (Wildman–Crippen MR) is 122 cm³/mol. The van der Waals surface area contributed by atoms with Gasteiger partial charge in [-0.15, -0.1) is 11.8 Å². The molecule has 0 aromatic heterocycles. The number of halogens is 1. The van der Waals surface area contributed by atoms with E-state index in [0.29, 0.717) is 17.1 Å². The zero-order valence-corrected chi connectivity index (χ0v) is 17.7. The first-order valence-corrected chi connectivity index (χ1v) is 11.0. The minimum atomic E-state index is -0.480. The fraction of sp³-hybridized carbons (Fsp3) is 0.167. The maximum Gasteiger partial charge on any atom is 0.238 e. The van der Waals surface area contributed by atoms with Crippen LogP contribution >= 0.6 is 23.4 Å². The largest absolute Gasteiger partial charge is 0.349 e. The molecule has 3 aromatic rings. The third-order valence-electron chi connectivity index (χ3n) is 4.95. The SMILES string of the molecule is O=C(CC1Sc2ccc(Cl)cc2NC1=O)NC(Cc1ccccc1)c1ccccc1. The highest BCUT2D eigenvalue weighted by molar-refractivity contribution is 8.01. The number of carbonyl (C=O) groups excluding carboxylic acids is 2. The van der Waals surface area contributed by atoms with Crippen LogP contribution in [0.25, 0.3) is 0 Å². The number of rotatable bonds is 6. The summed E-state index contributed by atoms with van der Waals surface area (Å²) in [6, 6.07) is 25.2. The van der Waals surface area contributed by atoms with Crippen molar-refractivity contribution in [3.05, 3.63) is 95.0 Å². The van der Waals surface area contributed by atoms with Crippen molar-refractivity contribution in [2.75, 3.05) is 5.32 Å². The lowest BCUT2D eigenvalue weighted by atomic mass is 9.98. The van der Waals surface area contributed by atoms with Crippen LogP contribution in [0.15, 0.2) is 83.8 Å². The molecule has 3 aromatic carbocycles. The van der Waals surface area contributed by atoms with E-state index in [2.05, 4.69) is 22.8 Å². The molecule has 0 aliphatic carbocycles. The Bertz CT molecular complexity index is 1040. The molecule has 2 amide bonds. The van der Waals surface area contributed by atoms with Crippen LogP contribution in [0.5, 0.6) is 0 Å². The van der Waals surface area contributed by atoms with Gasteiger partial charge in [0.15, 0.2) is 0 Å². The Hall–Kier alpha value is -2.76. The molecule has 4 rings (SSSR count). The van der Waals surface area contributed by atoms with E-state index in [9.17, 15) is 9.59 Å². The average molecular weight is 437 g/mol. The van der Waals surface area contributed by atoms with Gasteiger partial charge in [0, 0.05) is 16.3 Å². The van der Waals surface area contributed by atoms with Gasteiger partial charge in [0.2, 0.25) is 11.8 Å². The van der Waals surface area contributed by atoms with Crippen LogP contribution in [0.4, 0.5) is 5.69 Å². The Morgan fingerprint density at radius 3 is 2.47 bits per heavy atom. The van der Waals surface area contributed by atoms with E-state index < -0.39 is 5.25 Å². The third kappa shape index (κ3) is 5.04. The minimum absolute atomic E-state index is 0.108. The van der Waals surface area contributed by atoms with Gasteiger partial charge >= 0.3 is 0 Å². The molecular formula is C24H21ClN2O2S. The lowest BCUT2D eigenvalue weighted by Gasteiger charge is -2.25. The summed E-state index contributed by atoms with van der Waals surface area (Å²) in [5.41, 5.74) is 2.87. The van der Waals surface area contributed by atoms with E-state index in [1.54, 1.807) is 12.1 Å². The van der Waals surface area contributed by atoms with Gasteiger partial charge in [-0.1, -0.05) is 72.3 Å². The number of amides is 2. The molecule has 2 atom stereocenters. The first-order valence-electron chi connectivity index (χ1n) is 9.74. The summed E-state index contributed by atoms with van der Waals surface area (Å²) in [5, 5.41) is 6.07. The van der Waals surface area contributed by atoms with Crippen molar-refractivity contribution < 1.29 is 9.59 Å². The number of hydrogen-bond acceptors (Lipinski definition) is 3. The number of nitrogens with one attached hydrogen (secondary N) is 2. The second kappa shape index (κ2) is 9.37. The van der Waals surface area contributed by atoms with Crippen molar-refractivity contribution in [2.24, 2.45) is 0 Å². The molecule has 2 unspecified atom stereocenters. The van der Waals surface area contributed by atoms with E-state index >= 15 is 0 Å². The number of thioether (sulfide) groups is 1. The molecule has 152 valence electrons. The highest BCUT2D eigenvalue weighted by atomic mass is 35.5. The standard InChI is InChI=1S/C24H21ClN2O2S/c25-18-11-12-21-20(14-18)27-24(29)22(30-21)15-23(28)26-19(17-9-5-2-6-10-17)13-16-7-3-1-4-8-16/h1-12,14,19,22H,13,15H2,(H,26,28)(H,27,29). The fourth-order valence-corrected chi connectivity index (χ4v) is 4.73. The van der Waals surface area contributed by atoms with Crippen molar-refractivity contribution in [1.29, 1.82) is 0 Å². The molecule has 0 spiro atoms. The Kier molecular flexibility index (Phi) is 6.41. The Morgan fingerprint density at radius 1 is 1.03 bits per heavy atom. The second-order valence-corrected chi connectivity index (χ2v) is 8.84. The Morgan fingerprint density at radius 2 is 1.73 bits per heavy atom. The number of carbonyl (C=O) groups is 2. The van der Waals surface area contributed by atoms with Crippen molar-refractivity contribution in [3.63, 3.8) is 0 Å². The molecule has 1 aliphatic heterocycles. The fourth-order valence-electron chi connectivity index (χ4n) is 3.47. The van der Waals surface area contributed by atoms with Crippen LogP contribution in [0.1, 0.15) is 23.6 Å². The normalized spacial score (nSPS) is 16.3. The maximum absolute atomic E-state index is 12.9. The first kappa shape index (κ1) is 20.5. The summed E-state index contributed by atoms with van der Waals surface area (Å²) in [6.07, 6.45) is 0.790. The summed E-state index contributed by atoms with van der Waals surface area (Å²) in [4.78, 5) is 26.3. The van der Waals surface area contributed by atoms with Crippen molar-refractivity contribution in [3.8, 4) is 0 Å². The zero-order valence-electron chi connectivity index (χ0n) is 16.2. The molecule has 0 saturated carbocycles. The first-order chi connectivity index (χ1) is 14.6. The van der Waals surface area contributed by atoms with Gasteiger partial charge in [0.1, 0.15) is 0 Å². The topological polar surface area (TPSA) is 58.2 Å². The highest BCUT2D eigenvalue weighted by Gasteiger charge is 2.30. The van der Waals surface area contributed by atoms with Gasteiger partial charge in [0.05, 0.1) is 17.0 Å². The summed E-state index contributed by atoms with van der Waals surface area (Å²) in [5.74, 6) is -0.325.